The van der Waals surface area contributed by atoms with Crippen molar-refractivity contribution in [3.05, 3.63) is 35.4 Å². The summed E-state index contributed by atoms with van der Waals surface area (Å²) in [5.74, 6) is 1.76. The maximum absolute atomic E-state index is 12.9. The molecule has 138 valence electrons. The van der Waals surface area contributed by atoms with Crippen LogP contribution in [0, 0.1) is 0 Å². The molecule has 1 amide bonds. The van der Waals surface area contributed by atoms with Crippen LogP contribution in [-0.2, 0) is 6.18 Å². The average Bonchev–Trinajstić information content (AvgIpc) is 2.98. The summed E-state index contributed by atoms with van der Waals surface area (Å²) in [6.07, 6.45) is -1.05. The Bertz CT molecular complexity index is 585. The van der Waals surface area contributed by atoms with Gasteiger partial charge in [0.2, 0.25) is 0 Å². The van der Waals surface area contributed by atoms with Crippen LogP contribution in [-0.4, -0.2) is 59.4 Å². The standard InChI is InChI=1S/C18H23F3N2OS/c19-18(20,21)15-6-4-14(5-7-15)17(24)23-10-3-11-25-13-16(23)12-22-8-1-2-9-22/h4-7,16H,1-3,8-13H2. The molecule has 25 heavy (non-hydrogen) atoms. The van der Waals surface area contributed by atoms with E-state index < -0.39 is 11.7 Å². The monoisotopic (exact) mass is 372 g/mol. The molecule has 0 saturated carbocycles. The van der Waals surface area contributed by atoms with Crippen LogP contribution in [0.1, 0.15) is 35.2 Å². The van der Waals surface area contributed by atoms with Gasteiger partial charge < -0.3 is 9.80 Å². The van der Waals surface area contributed by atoms with E-state index in [2.05, 4.69) is 4.90 Å². The van der Waals surface area contributed by atoms with Crippen molar-refractivity contribution >= 4 is 17.7 Å². The molecule has 1 aromatic carbocycles. The number of carbonyl (C=O) groups is 1. The van der Waals surface area contributed by atoms with Crippen LogP contribution in [0.25, 0.3) is 0 Å². The zero-order valence-corrected chi connectivity index (χ0v) is 14.9. The molecule has 0 bridgehead atoms. The summed E-state index contributed by atoms with van der Waals surface area (Å²) in [6, 6.07) is 4.72. The Balaban J connectivity index is 1.74. The number of amides is 1. The van der Waals surface area contributed by atoms with Crippen molar-refractivity contribution in [3.8, 4) is 0 Å². The van der Waals surface area contributed by atoms with Gasteiger partial charge in [0.15, 0.2) is 0 Å². The Morgan fingerprint density at radius 3 is 2.40 bits per heavy atom. The molecule has 0 aromatic heterocycles. The number of thioether (sulfide) groups is 1. The van der Waals surface area contributed by atoms with Crippen molar-refractivity contribution in [2.45, 2.75) is 31.5 Å². The summed E-state index contributed by atoms with van der Waals surface area (Å²) in [5, 5.41) is 0. The maximum atomic E-state index is 12.9. The molecule has 2 aliphatic heterocycles. The lowest BCUT2D eigenvalue weighted by Gasteiger charge is -2.32. The molecular weight excluding hydrogens is 349 g/mol. The van der Waals surface area contributed by atoms with Gasteiger partial charge in [-0.1, -0.05) is 0 Å². The van der Waals surface area contributed by atoms with Crippen LogP contribution >= 0.6 is 11.8 Å². The second-order valence-electron chi connectivity index (χ2n) is 6.66. The third-order valence-corrected chi connectivity index (χ3v) is 6.02. The van der Waals surface area contributed by atoms with Gasteiger partial charge in [0, 0.05) is 24.4 Å². The topological polar surface area (TPSA) is 23.6 Å². The summed E-state index contributed by atoms with van der Waals surface area (Å²) in [7, 11) is 0. The highest BCUT2D eigenvalue weighted by atomic mass is 32.2. The summed E-state index contributed by atoms with van der Waals surface area (Å²) in [5.41, 5.74) is -0.379. The first-order valence-corrected chi connectivity index (χ1v) is 9.89. The fourth-order valence-corrected chi connectivity index (χ4v) is 4.54. The first-order valence-electron chi connectivity index (χ1n) is 8.73. The molecule has 0 spiro atoms. The van der Waals surface area contributed by atoms with Gasteiger partial charge in [-0.25, -0.2) is 0 Å². The summed E-state index contributed by atoms with van der Waals surface area (Å²) in [4.78, 5) is 17.2. The normalized spacial score (nSPS) is 22.8. The van der Waals surface area contributed by atoms with Crippen molar-refractivity contribution in [1.29, 1.82) is 0 Å². The smallest absolute Gasteiger partial charge is 0.334 e. The second kappa shape index (κ2) is 7.99. The van der Waals surface area contributed by atoms with Gasteiger partial charge in [-0.05, 0) is 62.4 Å². The van der Waals surface area contributed by atoms with Crippen molar-refractivity contribution in [1.82, 2.24) is 9.80 Å². The number of rotatable bonds is 3. The van der Waals surface area contributed by atoms with E-state index in [0.717, 1.165) is 49.7 Å². The third kappa shape index (κ3) is 4.70. The van der Waals surface area contributed by atoms with E-state index in [1.807, 2.05) is 16.7 Å². The first-order chi connectivity index (χ1) is 11.9. The molecule has 0 radical (unpaired) electrons. The quantitative estimate of drug-likeness (QED) is 0.807. The number of nitrogens with zero attached hydrogens (tertiary/aromatic N) is 2. The summed E-state index contributed by atoms with van der Waals surface area (Å²) in [6.45, 7) is 3.68. The Morgan fingerprint density at radius 1 is 1.08 bits per heavy atom. The van der Waals surface area contributed by atoms with Crippen molar-refractivity contribution < 1.29 is 18.0 Å². The molecule has 1 atom stereocenters. The van der Waals surface area contributed by atoms with E-state index in [1.54, 1.807) is 0 Å². The molecule has 3 nitrogen and oxygen atoms in total. The van der Waals surface area contributed by atoms with Crippen molar-refractivity contribution in [2.24, 2.45) is 0 Å². The number of hydrogen-bond acceptors (Lipinski definition) is 3. The van der Waals surface area contributed by atoms with Gasteiger partial charge in [-0.2, -0.15) is 24.9 Å². The highest BCUT2D eigenvalue weighted by Crippen LogP contribution is 2.29. The Kier molecular flexibility index (Phi) is 5.94. The highest BCUT2D eigenvalue weighted by molar-refractivity contribution is 7.99. The van der Waals surface area contributed by atoms with Crippen LogP contribution in [0.4, 0.5) is 13.2 Å². The fraction of sp³-hybridized carbons (Fsp3) is 0.611. The average molecular weight is 372 g/mol. The van der Waals surface area contributed by atoms with Gasteiger partial charge in [0.25, 0.3) is 5.91 Å². The minimum absolute atomic E-state index is 0.125. The summed E-state index contributed by atoms with van der Waals surface area (Å²) < 4.78 is 38.1. The second-order valence-corrected chi connectivity index (χ2v) is 7.81. The zero-order valence-electron chi connectivity index (χ0n) is 14.1. The predicted octanol–water partition coefficient (Wildman–Crippen LogP) is 3.75. The largest absolute Gasteiger partial charge is 0.416 e. The lowest BCUT2D eigenvalue weighted by Crippen LogP contribution is -2.47. The molecule has 2 saturated heterocycles. The lowest BCUT2D eigenvalue weighted by atomic mass is 10.1. The molecule has 1 unspecified atom stereocenters. The number of hydrogen-bond donors (Lipinski definition) is 0. The van der Waals surface area contributed by atoms with Gasteiger partial charge in [-0.15, -0.1) is 0 Å². The molecule has 0 aliphatic carbocycles. The lowest BCUT2D eigenvalue weighted by molar-refractivity contribution is -0.137. The molecule has 1 aromatic rings. The van der Waals surface area contributed by atoms with E-state index >= 15 is 0 Å². The van der Waals surface area contributed by atoms with Crippen LogP contribution in [0.3, 0.4) is 0 Å². The molecule has 0 N–H and O–H groups in total. The number of benzene rings is 1. The molecular formula is C18H23F3N2OS. The van der Waals surface area contributed by atoms with E-state index in [4.69, 9.17) is 0 Å². The van der Waals surface area contributed by atoms with E-state index in [0.29, 0.717) is 12.1 Å². The van der Waals surface area contributed by atoms with Gasteiger partial charge in [0.1, 0.15) is 0 Å². The van der Waals surface area contributed by atoms with Crippen molar-refractivity contribution in [2.75, 3.05) is 37.7 Å². The van der Waals surface area contributed by atoms with Crippen LogP contribution in [0.2, 0.25) is 0 Å². The number of halogens is 3. The maximum Gasteiger partial charge on any atom is 0.416 e. The molecule has 2 fully saturated rings. The number of carbonyl (C=O) groups excluding carboxylic acids is 1. The molecule has 2 aliphatic rings. The molecule has 3 rings (SSSR count). The minimum Gasteiger partial charge on any atom is -0.334 e. The predicted molar refractivity (Wildman–Crippen MR) is 93.9 cm³/mol. The van der Waals surface area contributed by atoms with Crippen LogP contribution < -0.4 is 0 Å². The third-order valence-electron chi connectivity index (χ3n) is 4.83. The van der Waals surface area contributed by atoms with Crippen LogP contribution in [0.5, 0.6) is 0 Å². The minimum atomic E-state index is -4.38. The first kappa shape index (κ1) is 18.6. The SMILES string of the molecule is O=C(c1ccc(C(F)(F)F)cc1)N1CCCSCC1CN1CCCC1. The van der Waals surface area contributed by atoms with Crippen LogP contribution in [0.15, 0.2) is 24.3 Å². The fourth-order valence-electron chi connectivity index (χ4n) is 3.48. The highest BCUT2D eigenvalue weighted by Gasteiger charge is 2.32. The number of likely N-dealkylation sites (tertiary alicyclic amines) is 1. The Hall–Kier alpha value is -1.21. The Labute approximate surface area is 150 Å². The molecule has 2 heterocycles. The van der Waals surface area contributed by atoms with E-state index in [9.17, 15) is 18.0 Å². The van der Waals surface area contributed by atoms with E-state index in [1.165, 1.54) is 25.0 Å². The summed E-state index contributed by atoms with van der Waals surface area (Å²) >= 11 is 1.86. The van der Waals surface area contributed by atoms with Gasteiger partial charge in [0.05, 0.1) is 11.6 Å². The number of alkyl halides is 3. The zero-order chi connectivity index (χ0) is 17.9. The van der Waals surface area contributed by atoms with Gasteiger partial charge in [-0.3, -0.25) is 4.79 Å². The molecule has 7 heteroatoms. The van der Waals surface area contributed by atoms with Gasteiger partial charge >= 0.3 is 6.18 Å². The van der Waals surface area contributed by atoms with Crippen molar-refractivity contribution in [3.63, 3.8) is 0 Å². The Morgan fingerprint density at radius 2 is 1.76 bits per heavy atom. The van der Waals surface area contributed by atoms with E-state index in [-0.39, 0.29) is 11.9 Å².